The Morgan fingerprint density at radius 3 is 2.86 bits per heavy atom. The standard InChI is InChI=1S/C17H20N2O3/c1-10(14-7-11-2-3-12(14)6-11)18-19-17(20)13-4-5-15-16(8-13)22-9-21-15/h4-5,8,11-12,14H,2-3,6-7,9H2,1H3,(H,19,20)/b18-10-/t11-,12-,14-/m0/s1. The highest BCUT2D eigenvalue weighted by Crippen LogP contribution is 2.48. The van der Waals surface area contributed by atoms with Gasteiger partial charge in [0.15, 0.2) is 11.5 Å². The lowest BCUT2D eigenvalue weighted by atomic mass is 9.86. The number of rotatable bonds is 3. The second kappa shape index (κ2) is 5.30. The average Bonchev–Trinajstić information content (AvgIpc) is 3.26. The van der Waals surface area contributed by atoms with Crippen LogP contribution in [-0.2, 0) is 0 Å². The molecule has 0 spiro atoms. The van der Waals surface area contributed by atoms with E-state index >= 15 is 0 Å². The van der Waals surface area contributed by atoms with E-state index in [-0.39, 0.29) is 12.7 Å². The van der Waals surface area contributed by atoms with Gasteiger partial charge in [0.25, 0.3) is 5.91 Å². The van der Waals surface area contributed by atoms with E-state index < -0.39 is 0 Å². The van der Waals surface area contributed by atoms with Crippen LogP contribution in [0.15, 0.2) is 23.3 Å². The molecule has 2 fully saturated rings. The van der Waals surface area contributed by atoms with Gasteiger partial charge >= 0.3 is 0 Å². The fraction of sp³-hybridized carbons (Fsp3) is 0.529. The summed E-state index contributed by atoms with van der Waals surface area (Å²) >= 11 is 0. The number of benzene rings is 1. The van der Waals surface area contributed by atoms with Gasteiger partial charge < -0.3 is 9.47 Å². The molecular formula is C17H20N2O3. The third-order valence-electron chi connectivity index (χ3n) is 5.24. The summed E-state index contributed by atoms with van der Waals surface area (Å²) in [5, 5.41) is 4.34. The molecule has 4 rings (SSSR count). The van der Waals surface area contributed by atoms with Crippen LogP contribution in [0.3, 0.4) is 0 Å². The van der Waals surface area contributed by atoms with Crippen LogP contribution in [0.4, 0.5) is 0 Å². The molecule has 1 aromatic carbocycles. The minimum atomic E-state index is -0.208. The van der Waals surface area contributed by atoms with Crippen LogP contribution >= 0.6 is 0 Å². The van der Waals surface area contributed by atoms with Gasteiger partial charge in [-0.2, -0.15) is 5.10 Å². The number of amides is 1. The number of carbonyl (C=O) groups excluding carboxylic acids is 1. The number of hydrazone groups is 1. The van der Waals surface area contributed by atoms with E-state index in [0.717, 1.165) is 17.5 Å². The van der Waals surface area contributed by atoms with E-state index in [1.165, 1.54) is 25.7 Å². The molecule has 2 saturated carbocycles. The Morgan fingerprint density at radius 1 is 1.23 bits per heavy atom. The van der Waals surface area contributed by atoms with E-state index in [1.807, 2.05) is 6.92 Å². The first-order chi connectivity index (χ1) is 10.7. The van der Waals surface area contributed by atoms with Crippen molar-refractivity contribution in [1.29, 1.82) is 0 Å². The molecule has 0 saturated heterocycles. The van der Waals surface area contributed by atoms with Crippen molar-refractivity contribution in [3.05, 3.63) is 23.8 Å². The zero-order valence-electron chi connectivity index (χ0n) is 12.7. The zero-order chi connectivity index (χ0) is 15.1. The number of nitrogens with zero attached hydrogens (tertiary/aromatic N) is 1. The van der Waals surface area contributed by atoms with Crippen LogP contribution in [0.5, 0.6) is 11.5 Å². The zero-order valence-corrected chi connectivity index (χ0v) is 12.7. The quantitative estimate of drug-likeness (QED) is 0.689. The Hall–Kier alpha value is -2.04. The van der Waals surface area contributed by atoms with Gasteiger partial charge in [0, 0.05) is 17.2 Å². The molecule has 1 aromatic rings. The lowest BCUT2D eigenvalue weighted by Crippen LogP contribution is -2.24. The molecule has 3 atom stereocenters. The second-order valence-electron chi connectivity index (χ2n) is 6.54. The van der Waals surface area contributed by atoms with E-state index in [1.54, 1.807) is 18.2 Å². The summed E-state index contributed by atoms with van der Waals surface area (Å²) in [6.45, 7) is 2.24. The minimum absolute atomic E-state index is 0.208. The Balaban J connectivity index is 1.42. The molecule has 3 aliphatic rings. The first-order valence-corrected chi connectivity index (χ1v) is 7.95. The van der Waals surface area contributed by atoms with Gasteiger partial charge in [-0.25, -0.2) is 5.43 Å². The smallest absolute Gasteiger partial charge is 0.271 e. The molecule has 1 amide bonds. The van der Waals surface area contributed by atoms with Gasteiger partial charge in [0.05, 0.1) is 0 Å². The van der Waals surface area contributed by atoms with Gasteiger partial charge in [0.2, 0.25) is 6.79 Å². The van der Waals surface area contributed by atoms with Gasteiger partial charge in [-0.1, -0.05) is 6.42 Å². The van der Waals surface area contributed by atoms with Gasteiger partial charge in [0.1, 0.15) is 0 Å². The maximum absolute atomic E-state index is 12.2. The van der Waals surface area contributed by atoms with Gasteiger partial charge in [-0.15, -0.1) is 0 Å². The number of carbonyl (C=O) groups is 1. The van der Waals surface area contributed by atoms with Crippen molar-refractivity contribution < 1.29 is 14.3 Å². The van der Waals surface area contributed by atoms with E-state index in [0.29, 0.717) is 23.0 Å². The molecule has 1 aliphatic heterocycles. The molecular weight excluding hydrogens is 280 g/mol. The fourth-order valence-electron chi connectivity index (χ4n) is 4.08. The molecule has 0 aromatic heterocycles. The van der Waals surface area contributed by atoms with Crippen molar-refractivity contribution in [2.45, 2.75) is 32.6 Å². The highest BCUT2D eigenvalue weighted by atomic mass is 16.7. The third-order valence-corrected chi connectivity index (χ3v) is 5.24. The molecule has 5 heteroatoms. The predicted molar refractivity (Wildman–Crippen MR) is 82.1 cm³/mol. The topological polar surface area (TPSA) is 59.9 Å². The van der Waals surface area contributed by atoms with E-state index in [9.17, 15) is 4.79 Å². The number of hydrogen-bond donors (Lipinski definition) is 1. The van der Waals surface area contributed by atoms with Crippen molar-refractivity contribution in [2.75, 3.05) is 6.79 Å². The Labute approximate surface area is 129 Å². The monoisotopic (exact) mass is 300 g/mol. The normalized spacial score (nSPS) is 29.0. The SMILES string of the molecule is C/C(=N/NC(=O)c1ccc2c(c1)OCO2)[C@@H]1C[C@H]2CC[C@H]1C2. The molecule has 1 heterocycles. The fourth-order valence-corrected chi connectivity index (χ4v) is 4.08. The highest BCUT2D eigenvalue weighted by molar-refractivity contribution is 5.96. The third kappa shape index (κ3) is 2.34. The summed E-state index contributed by atoms with van der Waals surface area (Å²) in [5.41, 5.74) is 4.27. The molecule has 116 valence electrons. The van der Waals surface area contributed by atoms with E-state index in [2.05, 4.69) is 10.5 Å². The molecule has 0 unspecified atom stereocenters. The lowest BCUT2D eigenvalue weighted by Gasteiger charge is -2.21. The summed E-state index contributed by atoms with van der Waals surface area (Å²) in [5.74, 6) is 3.29. The minimum Gasteiger partial charge on any atom is -0.454 e. The van der Waals surface area contributed by atoms with Crippen molar-refractivity contribution in [3.8, 4) is 11.5 Å². The average molecular weight is 300 g/mol. The molecule has 5 nitrogen and oxygen atoms in total. The van der Waals surface area contributed by atoms with Crippen LogP contribution in [0.1, 0.15) is 43.0 Å². The molecule has 0 radical (unpaired) electrons. The summed E-state index contributed by atoms with van der Waals surface area (Å²) in [7, 11) is 0. The Kier molecular flexibility index (Phi) is 3.28. The van der Waals surface area contributed by atoms with Crippen LogP contribution in [0.2, 0.25) is 0 Å². The summed E-state index contributed by atoms with van der Waals surface area (Å²) in [6.07, 6.45) is 5.27. The van der Waals surface area contributed by atoms with E-state index in [4.69, 9.17) is 9.47 Å². The lowest BCUT2D eigenvalue weighted by molar-refractivity contribution is 0.0954. The Bertz CT molecular complexity index is 641. The van der Waals surface area contributed by atoms with Crippen LogP contribution in [0.25, 0.3) is 0 Å². The van der Waals surface area contributed by atoms with Crippen molar-refractivity contribution in [1.82, 2.24) is 5.43 Å². The van der Waals surface area contributed by atoms with Gasteiger partial charge in [-0.3, -0.25) is 4.79 Å². The largest absolute Gasteiger partial charge is 0.454 e. The maximum atomic E-state index is 12.2. The first kappa shape index (κ1) is 13.6. The van der Waals surface area contributed by atoms with Crippen LogP contribution in [0, 0.1) is 17.8 Å². The Morgan fingerprint density at radius 2 is 2.09 bits per heavy atom. The number of hydrogen-bond acceptors (Lipinski definition) is 4. The highest BCUT2D eigenvalue weighted by Gasteiger charge is 2.40. The van der Waals surface area contributed by atoms with Gasteiger partial charge in [-0.05, 0) is 56.2 Å². The first-order valence-electron chi connectivity index (χ1n) is 7.95. The summed E-state index contributed by atoms with van der Waals surface area (Å²) < 4.78 is 10.5. The molecule has 22 heavy (non-hydrogen) atoms. The summed E-state index contributed by atoms with van der Waals surface area (Å²) in [4.78, 5) is 12.2. The van der Waals surface area contributed by atoms with Crippen LogP contribution in [-0.4, -0.2) is 18.4 Å². The number of nitrogens with one attached hydrogen (secondary N) is 1. The van der Waals surface area contributed by atoms with Crippen molar-refractivity contribution in [2.24, 2.45) is 22.9 Å². The molecule has 1 N–H and O–H groups in total. The van der Waals surface area contributed by atoms with Crippen LogP contribution < -0.4 is 14.9 Å². The number of fused-ring (bicyclic) bond motifs is 3. The predicted octanol–water partition coefficient (Wildman–Crippen LogP) is 2.96. The van der Waals surface area contributed by atoms with Crippen molar-refractivity contribution in [3.63, 3.8) is 0 Å². The molecule has 2 aliphatic carbocycles. The summed E-state index contributed by atoms with van der Waals surface area (Å²) in [6, 6.07) is 5.18. The number of ether oxygens (including phenoxy) is 2. The second-order valence-corrected chi connectivity index (χ2v) is 6.54. The van der Waals surface area contributed by atoms with Crippen molar-refractivity contribution >= 4 is 11.6 Å². The maximum Gasteiger partial charge on any atom is 0.271 e. The molecule has 2 bridgehead atoms.